The van der Waals surface area contributed by atoms with E-state index in [1.165, 1.54) is 0 Å². The van der Waals surface area contributed by atoms with Crippen LogP contribution in [0.25, 0.3) is 0 Å². The van der Waals surface area contributed by atoms with Gasteiger partial charge in [0.2, 0.25) is 0 Å². The van der Waals surface area contributed by atoms with E-state index < -0.39 is 0 Å². The van der Waals surface area contributed by atoms with Crippen molar-refractivity contribution >= 4 is 19.1 Å². The topological polar surface area (TPSA) is 17.1 Å². The second kappa shape index (κ2) is 2.69. The van der Waals surface area contributed by atoms with Gasteiger partial charge in [0.05, 0.1) is 0 Å². The summed E-state index contributed by atoms with van der Waals surface area (Å²) >= 11 is 0. The van der Waals surface area contributed by atoms with Crippen LogP contribution in [0, 0.1) is 0 Å². The Morgan fingerprint density at radius 3 is 2.60 bits per heavy atom. The second-order valence-corrected chi connectivity index (χ2v) is 2.43. The fourth-order valence-corrected chi connectivity index (χ4v) is 0.864. The maximum Gasteiger partial charge on any atom is 0.159 e. The van der Waals surface area contributed by atoms with E-state index in [0.717, 1.165) is 11.0 Å². The Morgan fingerprint density at radius 1 is 1.50 bits per heavy atom. The minimum absolute atomic E-state index is 0.128. The minimum atomic E-state index is 0.128. The molecule has 0 atom stereocenters. The highest BCUT2D eigenvalue weighted by Gasteiger charge is 1.95. The van der Waals surface area contributed by atoms with Crippen molar-refractivity contribution in [2.75, 3.05) is 0 Å². The quantitative estimate of drug-likeness (QED) is 0.392. The summed E-state index contributed by atoms with van der Waals surface area (Å²) in [5, 5.41) is 0. The van der Waals surface area contributed by atoms with Crippen molar-refractivity contribution in [1.29, 1.82) is 0 Å². The summed E-state index contributed by atoms with van der Waals surface area (Å²) in [6, 6.07) is 7.59. The van der Waals surface area contributed by atoms with Gasteiger partial charge in [0.1, 0.15) is 7.85 Å². The van der Waals surface area contributed by atoms with Gasteiger partial charge < -0.3 is 0 Å². The predicted molar refractivity (Wildman–Crippen MR) is 44.6 cm³/mol. The van der Waals surface area contributed by atoms with Crippen LogP contribution >= 0.6 is 0 Å². The number of hydrogen-bond acceptors (Lipinski definition) is 1. The highest BCUT2D eigenvalue weighted by Crippen LogP contribution is 1.95. The molecule has 10 heavy (non-hydrogen) atoms. The first-order valence-electron chi connectivity index (χ1n) is 3.28. The van der Waals surface area contributed by atoms with E-state index >= 15 is 0 Å². The molecule has 2 heteroatoms. The molecular weight excluding hydrogens is 123 g/mol. The molecule has 0 unspecified atom stereocenters. The monoisotopic (exact) mass is 132 g/mol. The van der Waals surface area contributed by atoms with Crippen molar-refractivity contribution in [1.82, 2.24) is 0 Å². The average molecular weight is 132 g/mol. The Bertz CT molecular complexity index is 255. The van der Waals surface area contributed by atoms with Crippen molar-refractivity contribution in [3.8, 4) is 0 Å². The van der Waals surface area contributed by atoms with Crippen LogP contribution in [-0.4, -0.2) is 13.6 Å². The Morgan fingerprint density at radius 2 is 2.20 bits per heavy atom. The Labute approximate surface area is 61.5 Å². The lowest BCUT2D eigenvalue weighted by Gasteiger charge is -1.94. The van der Waals surface area contributed by atoms with Gasteiger partial charge in [-0.15, -0.1) is 0 Å². The van der Waals surface area contributed by atoms with E-state index in [2.05, 4.69) is 0 Å². The van der Waals surface area contributed by atoms with Crippen LogP contribution in [0.1, 0.15) is 17.3 Å². The normalized spacial score (nSPS) is 9.30. The number of carbonyl (C=O) groups excluding carboxylic acids is 1. The molecule has 0 saturated carbocycles. The van der Waals surface area contributed by atoms with Crippen LogP contribution in [0.5, 0.6) is 0 Å². The van der Waals surface area contributed by atoms with Crippen molar-refractivity contribution in [2.24, 2.45) is 0 Å². The maximum atomic E-state index is 10.8. The summed E-state index contributed by atoms with van der Waals surface area (Å²) < 4.78 is 0. The van der Waals surface area contributed by atoms with E-state index in [-0.39, 0.29) is 5.78 Å². The Balaban J connectivity index is 3.07. The molecule has 0 aliphatic heterocycles. The minimum Gasteiger partial charge on any atom is -0.295 e. The van der Waals surface area contributed by atoms with Crippen LogP contribution in [0.15, 0.2) is 24.3 Å². The van der Waals surface area contributed by atoms with Crippen LogP contribution in [0.2, 0.25) is 0 Å². The summed E-state index contributed by atoms with van der Waals surface area (Å²) in [7, 11) is 1.98. The molecule has 1 aromatic rings. The van der Waals surface area contributed by atoms with Crippen LogP contribution in [-0.2, 0) is 0 Å². The first-order valence-corrected chi connectivity index (χ1v) is 3.28. The largest absolute Gasteiger partial charge is 0.295 e. The van der Waals surface area contributed by atoms with Crippen molar-refractivity contribution in [3.05, 3.63) is 29.8 Å². The third-order valence-electron chi connectivity index (χ3n) is 1.42. The van der Waals surface area contributed by atoms with Crippen molar-refractivity contribution < 1.29 is 4.79 Å². The van der Waals surface area contributed by atoms with E-state index in [1.54, 1.807) is 6.92 Å². The highest BCUT2D eigenvalue weighted by atomic mass is 16.1. The number of ketones is 1. The molecule has 0 spiro atoms. The van der Waals surface area contributed by atoms with Crippen molar-refractivity contribution in [2.45, 2.75) is 6.92 Å². The molecular formula is C8H9BO. The first-order chi connectivity index (χ1) is 4.70. The predicted octanol–water partition coefficient (Wildman–Crippen LogP) is 0.148. The lowest BCUT2D eigenvalue weighted by Crippen LogP contribution is -2.04. The van der Waals surface area contributed by atoms with Crippen LogP contribution < -0.4 is 5.46 Å². The summed E-state index contributed by atoms with van der Waals surface area (Å²) in [6.07, 6.45) is 0. The molecule has 0 amide bonds. The summed E-state index contributed by atoms with van der Waals surface area (Å²) in [5.41, 5.74) is 1.92. The zero-order chi connectivity index (χ0) is 7.56. The van der Waals surface area contributed by atoms with E-state index in [9.17, 15) is 4.79 Å². The molecule has 1 rings (SSSR count). The fourth-order valence-electron chi connectivity index (χ4n) is 0.864. The molecule has 0 radical (unpaired) electrons. The SMILES string of the molecule is Bc1cccc(C(C)=O)c1. The summed E-state index contributed by atoms with van der Waals surface area (Å²) in [5.74, 6) is 0.128. The van der Waals surface area contributed by atoms with Gasteiger partial charge in [-0.2, -0.15) is 0 Å². The first kappa shape index (κ1) is 7.07. The van der Waals surface area contributed by atoms with E-state index in [1.807, 2.05) is 32.1 Å². The molecule has 0 aliphatic carbocycles. The van der Waals surface area contributed by atoms with Gasteiger partial charge in [-0.1, -0.05) is 29.7 Å². The molecule has 0 saturated heterocycles. The number of Topliss-reactive ketones (excluding diaryl/α,β-unsaturated/α-hetero) is 1. The molecule has 0 fully saturated rings. The molecule has 1 nitrogen and oxygen atoms in total. The zero-order valence-corrected chi connectivity index (χ0v) is 6.22. The number of rotatable bonds is 1. The second-order valence-electron chi connectivity index (χ2n) is 2.43. The zero-order valence-electron chi connectivity index (χ0n) is 6.22. The van der Waals surface area contributed by atoms with Gasteiger partial charge in [0.25, 0.3) is 0 Å². The number of carbonyl (C=O) groups is 1. The third kappa shape index (κ3) is 1.47. The number of benzene rings is 1. The lowest BCUT2D eigenvalue weighted by atomic mass is 9.94. The maximum absolute atomic E-state index is 10.8. The molecule has 0 heterocycles. The van der Waals surface area contributed by atoms with E-state index in [4.69, 9.17) is 0 Å². The summed E-state index contributed by atoms with van der Waals surface area (Å²) in [6.45, 7) is 1.58. The molecule has 50 valence electrons. The third-order valence-corrected chi connectivity index (χ3v) is 1.42. The Hall–Kier alpha value is -1.05. The molecule has 1 aromatic carbocycles. The van der Waals surface area contributed by atoms with Gasteiger partial charge in [-0.05, 0) is 6.92 Å². The van der Waals surface area contributed by atoms with Crippen LogP contribution in [0.3, 0.4) is 0 Å². The van der Waals surface area contributed by atoms with Gasteiger partial charge in [-0.25, -0.2) is 0 Å². The summed E-state index contributed by atoms with van der Waals surface area (Å²) in [4.78, 5) is 10.8. The smallest absolute Gasteiger partial charge is 0.159 e. The van der Waals surface area contributed by atoms with E-state index in [0.29, 0.717) is 0 Å². The van der Waals surface area contributed by atoms with Gasteiger partial charge in [0.15, 0.2) is 5.78 Å². The van der Waals surface area contributed by atoms with Crippen molar-refractivity contribution in [3.63, 3.8) is 0 Å². The molecule has 0 aliphatic rings. The molecule has 0 aromatic heterocycles. The number of hydrogen-bond donors (Lipinski definition) is 0. The van der Waals surface area contributed by atoms with Crippen LogP contribution in [0.4, 0.5) is 0 Å². The molecule has 0 N–H and O–H groups in total. The fraction of sp³-hybridized carbons (Fsp3) is 0.125. The van der Waals surface area contributed by atoms with Gasteiger partial charge >= 0.3 is 0 Å². The highest BCUT2D eigenvalue weighted by molar-refractivity contribution is 6.32. The lowest BCUT2D eigenvalue weighted by molar-refractivity contribution is 0.101. The average Bonchev–Trinajstić information content (AvgIpc) is 1.88. The Kier molecular flexibility index (Phi) is 1.90. The molecule has 0 bridgehead atoms. The van der Waals surface area contributed by atoms with Gasteiger partial charge in [-0.3, -0.25) is 4.79 Å². The van der Waals surface area contributed by atoms with Gasteiger partial charge in [0, 0.05) is 5.56 Å². The standard InChI is InChI=1S/C8H9BO/c1-6(10)7-3-2-4-8(9)5-7/h2-5H,9H2,1H3.